The number of benzene rings is 1. The van der Waals surface area contributed by atoms with Crippen LogP contribution in [0, 0.1) is 0 Å². The Morgan fingerprint density at radius 2 is 1.64 bits per heavy atom. The molecule has 1 aromatic rings. The average molecular weight is 293 g/mol. The first kappa shape index (κ1) is 12.0. The second-order valence-corrected chi connectivity index (χ2v) is 14.4. The fourth-order valence-electron chi connectivity index (χ4n) is 1.97. The monoisotopic (exact) mass is 293 g/mol. The predicted octanol–water partition coefficient (Wildman–Crippen LogP) is 2.49. The van der Waals surface area contributed by atoms with Crippen molar-refractivity contribution in [1.29, 1.82) is 0 Å². The predicted molar refractivity (Wildman–Crippen MR) is 67.1 cm³/mol. The van der Waals surface area contributed by atoms with Crippen LogP contribution in [-0.2, 0) is 0 Å². The van der Waals surface area contributed by atoms with Crippen molar-refractivity contribution in [3.05, 3.63) is 24.3 Å². The van der Waals surface area contributed by atoms with Crippen molar-refractivity contribution in [2.75, 3.05) is 19.0 Å². The van der Waals surface area contributed by atoms with Crippen molar-refractivity contribution in [3.8, 4) is 0 Å². The molecule has 0 unspecified atom stereocenters. The molecular formula is C12H20InN. The number of nitrogens with zero attached hydrogens (tertiary/aromatic N) is 1. The van der Waals surface area contributed by atoms with Crippen molar-refractivity contribution < 1.29 is 0 Å². The van der Waals surface area contributed by atoms with Crippen molar-refractivity contribution in [2.45, 2.75) is 22.2 Å². The van der Waals surface area contributed by atoms with E-state index in [2.05, 4.69) is 57.1 Å². The molecule has 76 valence electrons. The van der Waals surface area contributed by atoms with Gasteiger partial charge in [-0.3, -0.25) is 0 Å². The van der Waals surface area contributed by atoms with Crippen molar-refractivity contribution in [3.63, 3.8) is 0 Å². The van der Waals surface area contributed by atoms with E-state index in [1.54, 1.807) is 3.32 Å². The molecule has 0 spiro atoms. The molecule has 0 fully saturated rings. The Bertz CT molecular complexity index is 279. The molecule has 0 aliphatic carbocycles. The molecule has 0 N–H and O–H groups in total. The van der Waals surface area contributed by atoms with Gasteiger partial charge in [-0.1, -0.05) is 0 Å². The Morgan fingerprint density at radius 3 is 2.14 bits per heavy atom. The third kappa shape index (κ3) is 2.69. The van der Waals surface area contributed by atoms with Crippen LogP contribution < -0.4 is 8.22 Å². The quantitative estimate of drug-likeness (QED) is 0.824. The van der Waals surface area contributed by atoms with Crippen molar-refractivity contribution in [2.24, 2.45) is 0 Å². The molecule has 0 saturated carbocycles. The Morgan fingerprint density at radius 1 is 1.07 bits per heavy atom. The summed E-state index contributed by atoms with van der Waals surface area (Å²) in [5, 5.41) is 0. The molecule has 0 aromatic heterocycles. The summed E-state index contributed by atoms with van der Waals surface area (Å²) in [7, 11) is 4.29. The van der Waals surface area contributed by atoms with Gasteiger partial charge in [-0.15, -0.1) is 0 Å². The maximum atomic E-state index is 2.36. The molecule has 0 amide bonds. The molecule has 2 heteroatoms. The summed E-state index contributed by atoms with van der Waals surface area (Å²) in [5.74, 6) is 0. The third-order valence-electron chi connectivity index (χ3n) is 2.84. The van der Waals surface area contributed by atoms with Crippen molar-refractivity contribution >= 4 is 30.4 Å². The first-order valence-electron chi connectivity index (χ1n) is 5.46. The van der Waals surface area contributed by atoms with Gasteiger partial charge >= 0.3 is 95.9 Å². The van der Waals surface area contributed by atoms with Crippen LogP contribution in [0.5, 0.6) is 0 Å². The van der Waals surface area contributed by atoms with Crippen LogP contribution in [0.2, 0.25) is 8.35 Å². The molecule has 0 aliphatic rings. The van der Waals surface area contributed by atoms with Gasteiger partial charge in [0.1, 0.15) is 0 Å². The summed E-state index contributed by atoms with van der Waals surface area (Å²) >= 11 is -1.40. The standard InChI is InChI=1S/C8H10N.2C2H5.In/c1-9(2)8-6-4-3-5-7-8;2*1-2;/h3-6H,1-2H3;2*1H2,2H3;. The van der Waals surface area contributed by atoms with E-state index in [0.717, 1.165) is 0 Å². The minimum absolute atomic E-state index is 1.40. The molecule has 1 aromatic carbocycles. The molecular weight excluding hydrogens is 273 g/mol. The zero-order valence-electron chi connectivity index (χ0n) is 9.75. The van der Waals surface area contributed by atoms with Gasteiger partial charge in [-0.25, -0.2) is 0 Å². The SMILES string of the molecule is C[CH2][In]([CH2]C)[c]1ccccc1N(C)C. The molecule has 14 heavy (non-hydrogen) atoms. The molecule has 0 saturated heterocycles. The van der Waals surface area contributed by atoms with E-state index >= 15 is 0 Å². The van der Waals surface area contributed by atoms with E-state index < -0.39 is 21.4 Å². The van der Waals surface area contributed by atoms with Gasteiger partial charge in [0, 0.05) is 0 Å². The first-order chi connectivity index (χ1) is 6.70. The summed E-state index contributed by atoms with van der Waals surface area (Å²) < 4.78 is 4.57. The van der Waals surface area contributed by atoms with Gasteiger partial charge in [0.25, 0.3) is 0 Å². The minimum atomic E-state index is -1.40. The Kier molecular flexibility index (Phi) is 4.87. The second-order valence-electron chi connectivity index (χ2n) is 3.97. The molecule has 0 atom stereocenters. The van der Waals surface area contributed by atoms with Crippen LogP contribution >= 0.6 is 0 Å². The van der Waals surface area contributed by atoms with Gasteiger partial charge in [0.15, 0.2) is 0 Å². The van der Waals surface area contributed by atoms with E-state index in [1.807, 2.05) is 0 Å². The number of anilines is 1. The Balaban J connectivity index is 3.05. The molecule has 0 radical (unpaired) electrons. The van der Waals surface area contributed by atoms with Gasteiger partial charge in [0.05, 0.1) is 0 Å². The summed E-state index contributed by atoms with van der Waals surface area (Å²) in [6.45, 7) is 4.72. The number of para-hydroxylation sites is 1. The normalized spacial score (nSPS) is 10.0. The van der Waals surface area contributed by atoms with Crippen LogP contribution in [0.15, 0.2) is 24.3 Å². The van der Waals surface area contributed by atoms with Crippen LogP contribution in [0.4, 0.5) is 5.69 Å². The molecule has 0 heterocycles. The molecule has 0 aliphatic heterocycles. The summed E-state index contributed by atoms with van der Waals surface area (Å²) in [5.41, 5.74) is 1.46. The summed E-state index contributed by atoms with van der Waals surface area (Å²) in [6, 6.07) is 8.94. The van der Waals surface area contributed by atoms with E-state index in [0.29, 0.717) is 0 Å². The second kappa shape index (κ2) is 5.69. The topological polar surface area (TPSA) is 3.24 Å². The van der Waals surface area contributed by atoms with E-state index in [9.17, 15) is 0 Å². The first-order valence-corrected chi connectivity index (χ1v) is 11.8. The number of hydrogen-bond acceptors (Lipinski definition) is 1. The maximum absolute atomic E-state index is 2.36. The zero-order chi connectivity index (χ0) is 10.6. The van der Waals surface area contributed by atoms with E-state index in [1.165, 1.54) is 14.0 Å². The molecule has 1 nitrogen and oxygen atoms in total. The number of hydrogen-bond donors (Lipinski definition) is 0. The van der Waals surface area contributed by atoms with Crippen LogP contribution in [0.3, 0.4) is 0 Å². The van der Waals surface area contributed by atoms with Crippen molar-refractivity contribution in [1.82, 2.24) is 0 Å². The molecule has 0 bridgehead atoms. The van der Waals surface area contributed by atoms with Gasteiger partial charge in [-0.05, 0) is 0 Å². The third-order valence-corrected chi connectivity index (χ3v) is 12.4. The Labute approximate surface area is 95.7 Å². The summed E-state index contributed by atoms with van der Waals surface area (Å²) in [6.07, 6.45) is 0. The van der Waals surface area contributed by atoms with Crippen LogP contribution in [0.25, 0.3) is 0 Å². The fraction of sp³-hybridized carbons (Fsp3) is 0.500. The zero-order valence-corrected chi connectivity index (χ0v) is 13.0. The summed E-state index contributed by atoms with van der Waals surface area (Å²) in [4.78, 5) is 2.25. The molecule has 1 rings (SSSR count). The average Bonchev–Trinajstić information content (AvgIpc) is 2.20. The van der Waals surface area contributed by atoms with Crippen LogP contribution in [0.1, 0.15) is 13.8 Å². The van der Waals surface area contributed by atoms with Gasteiger partial charge in [0.2, 0.25) is 0 Å². The fourth-order valence-corrected chi connectivity index (χ4v) is 9.43. The van der Waals surface area contributed by atoms with Gasteiger partial charge < -0.3 is 0 Å². The Hall–Kier alpha value is -0.110. The van der Waals surface area contributed by atoms with Crippen LogP contribution in [-0.4, -0.2) is 35.5 Å². The number of rotatable bonds is 4. The van der Waals surface area contributed by atoms with E-state index in [4.69, 9.17) is 0 Å². The van der Waals surface area contributed by atoms with E-state index in [-0.39, 0.29) is 0 Å². The van der Waals surface area contributed by atoms with Gasteiger partial charge in [-0.2, -0.15) is 0 Å².